The highest BCUT2D eigenvalue weighted by Gasteiger charge is 2.41. The van der Waals surface area contributed by atoms with E-state index >= 15 is 0 Å². The Balaban J connectivity index is 1.84. The van der Waals surface area contributed by atoms with Gasteiger partial charge in [0.1, 0.15) is 5.41 Å². The molecule has 1 amide bonds. The second kappa shape index (κ2) is 5.35. The number of hydrogen-bond acceptors (Lipinski definition) is 2. The number of carbonyl (C=O) groups excluding carboxylic acids is 1. The second-order valence-electron chi connectivity index (χ2n) is 5.26. The smallest absolute Gasteiger partial charge is 0.240 e. The number of nitrogens with zero attached hydrogens (tertiary/aromatic N) is 1. The average molecular weight is 232 g/mol. The molecule has 0 saturated heterocycles. The van der Waals surface area contributed by atoms with Crippen LogP contribution in [0.4, 0.5) is 0 Å². The van der Waals surface area contributed by atoms with Crippen molar-refractivity contribution in [2.45, 2.75) is 44.9 Å². The maximum Gasteiger partial charge on any atom is 0.240 e. The Labute approximate surface area is 103 Å². The first kappa shape index (κ1) is 12.2. The van der Waals surface area contributed by atoms with E-state index in [4.69, 9.17) is 0 Å². The van der Waals surface area contributed by atoms with Gasteiger partial charge in [-0.05, 0) is 38.0 Å². The lowest BCUT2D eigenvalue weighted by Crippen LogP contribution is -2.40. The summed E-state index contributed by atoms with van der Waals surface area (Å²) in [5.74, 6) is 0.521. The fourth-order valence-electron chi connectivity index (χ4n) is 2.82. The molecule has 1 saturated carbocycles. The van der Waals surface area contributed by atoms with Crippen LogP contribution in [0.5, 0.6) is 0 Å². The quantitative estimate of drug-likeness (QED) is 0.760. The minimum Gasteiger partial charge on any atom is -0.354 e. The fraction of sp³-hybridized carbons (Fsp3) is 0.714. The third-order valence-corrected chi connectivity index (χ3v) is 4.03. The van der Waals surface area contributed by atoms with Gasteiger partial charge in [0.25, 0.3) is 0 Å². The molecular weight excluding hydrogens is 212 g/mol. The minimum atomic E-state index is -0.718. The SMILES string of the molecule is N#CC1(C(=O)NCC2CC=CCC2)CCCC1. The molecule has 2 aliphatic carbocycles. The molecule has 0 aromatic heterocycles. The van der Waals surface area contributed by atoms with Crippen molar-refractivity contribution < 1.29 is 4.79 Å². The highest BCUT2D eigenvalue weighted by Crippen LogP contribution is 2.37. The lowest BCUT2D eigenvalue weighted by atomic mass is 9.86. The normalized spacial score (nSPS) is 26.4. The number of hydrogen-bond donors (Lipinski definition) is 1. The summed E-state index contributed by atoms with van der Waals surface area (Å²) in [7, 11) is 0. The van der Waals surface area contributed by atoms with Crippen LogP contribution in [0.25, 0.3) is 0 Å². The van der Waals surface area contributed by atoms with Crippen LogP contribution in [-0.2, 0) is 4.79 Å². The summed E-state index contributed by atoms with van der Waals surface area (Å²) in [6.07, 6.45) is 11.2. The molecular formula is C14H20N2O. The first-order valence-corrected chi connectivity index (χ1v) is 6.61. The Morgan fingerprint density at radius 3 is 2.76 bits per heavy atom. The molecule has 0 aromatic carbocycles. The van der Waals surface area contributed by atoms with Crippen molar-refractivity contribution in [3.63, 3.8) is 0 Å². The molecule has 0 aliphatic heterocycles. The maximum atomic E-state index is 12.1. The molecule has 0 radical (unpaired) electrons. The molecule has 0 spiro atoms. The van der Waals surface area contributed by atoms with Crippen LogP contribution in [0.3, 0.4) is 0 Å². The third-order valence-electron chi connectivity index (χ3n) is 4.03. The van der Waals surface area contributed by atoms with Crippen molar-refractivity contribution in [1.82, 2.24) is 5.32 Å². The Hall–Kier alpha value is -1.30. The van der Waals surface area contributed by atoms with Crippen LogP contribution >= 0.6 is 0 Å². The first-order chi connectivity index (χ1) is 8.27. The van der Waals surface area contributed by atoms with Gasteiger partial charge in [-0.3, -0.25) is 4.79 Å². The predicted molar refractivity (Wildman–Crippen MR) is 66.0 cm³/mol. The second-order valence-corrected chi connectivity index (χ2v) is 5.26. The Morgan fingerprint density at radius 1 is 1.41 bits per heavy atom. The molecule has 1 N–H and O–H groups in total. The highest BCUT2D eigenvalue weighted by atomic mass is 16.2. The molecule has 2 aliphatic rings. The van der Waals surface area contributed by atoms with E-state index in [2.05, 4.69) is 23.5 Å². The fourth-order valence-corrected chi connectivity index (χ4v) is 2.82. The number of nitriles is 1. The van der Waals surface area contributed by atoms with Gasteiger partial charge >= 0.3 is 0 Å². The molecule has 1 unspecified atom stereocenters. The van der Waals surface area contributed by atoms with Crippen molar-refractivity contribution in [1.29, 1.82) is 5.26 Å². The van der Waals surface area contributed by atoms with E-state index < -0.39 is 5.41 Å². The Kier molecular flexibility index (Phi) is 3.83. The van der Waals surface area contributed by atoms with Gasteiger partial charge in [0.2, 0.25) is 5.91 Å². The highest BCUT2D eigenvalue weighted by molar-refractivity contribution is 5.85. The zero-order chi connectivity index (χ0) is 12.1. The molecule has 2 rings (SSSR count). The van der Waals surface area contributed by atoms with E-state index in [1.54, 1.807) is 0 Å². The molecule has 92 valence electrons. The van der Waals surface area contributed by atoms with Gasteiger partial charge in [0.05, 0.1) is 6.07 Å². The van der Waals surface area contributed by atoms with Crippen LogP contribution < -0.4 is 5.32 Å². The summed E-state index contributed by atoms with van der Waals surface area (Å²) in [5.41, 5.74) is -0.718. The number of amides is 1. The number of rotatable bonds is 3. The Morgan fingerprint density at radius 2 is 2.18 bits per heavy atom. The zero-order valence-corrected chi connectivity index (χ0v) is 10.2. The summed E-state index contributed by atoms with van der Waals surface area (Å²) in [4.78, 5) is 12.1. The van der Waals surface area contributed by atoms with Gasteiger partial charge < -0.3 is 5.32 Å². The van der Waals surface area contributed by atoms with Crippen LogP contribution in [0.2, 0.25) is 0 Å². The van der Waals surface area contributed by atoms with Crippen LogP contribution in [0.1, 0.15) is 44.9 Å². The van der Waals surface area contributed by atoms with Gasteiger partial charge in [-0.15, -0.1) is 0 Å². The number of nitrogens with one attached hydrogen (secondary N) is 1. The average Bonchev–Trinajstić information content (AvgIpc) is 2.87. The first-order valence-electron chi connectivity index (χ1n) is 6.61. The number of allylic oxidation sites excluding steroid dienone is 2. The Bertz CT molecular complexity index is 348. The summed E-state index contributed by atoms with van der Waals surface area (Å²) < 4.78 is 0. The van der Waals surface area contributed by atoms with Gasteiger partial charge in [-0.2, -0.15) is 5.26 Å². The molecule has 1 fully saturated rings. The third kappa shape index (κ3) is 2.69. The van der Waals surface area contributed by atoms with Gasteiger partial charge in [-0.25, -0.2) is 0 Å². The summed E-state index contributed by atoms with van der Waals surface area (Å²) >= 11 is 0. The van der Waals surface area contributed by atoms with Gasteiger partial charge in [0, 0.05) is 6.54 Å². The molecule has 3 nitrogen and oxygen atoms in total. The van der Waals surface area contributed by atoms with E-state index in [9.17, 15) is 10.1 Å². The standard InChI is InChI=1S/C14H20N2O/c15-11-14(8-4-5-9-14)13(17)16-10-12-6-2-1-3-7-12/h1-2,12H,3-10H2,(H,16,17). The molecule has 3 heteroatoms. The van der Waals surface area contributed by atoms with Crippen molar-refractivity contribution in [2.75, 3.05) is 6.54 Å². The largest absolute Gasteiger partial charge is 0.354 e. The van der Waals surface area contributed by atoms with E-state index in [1.807, 2.05) is 0 Å². The van der Waals surface area contributed by atoms with Crippen molar-refractivity contribution >= 4 is 5.91 Å². The minimum absolute atomic E-state index is 0.0351. The topological polar surface area (TPSA) is 52.9 Å². The van der Waals surface area contributed by atoms with Gasteiger partial charge in [0.15, 0.2) is 0 Å². The number of carbonyl (C=O) groups is 1. The van der Waals surface area contributed by atoms with Crippen LogP contribution in [0, 0.1) is 22.7 Å². The van der Waals surface area contributed by atoms with E-state index in [1.165, 1.54) is 0 Å². The summed E-state index contributed by atoms with van der Waals surface area (Å²) in [5, 5.41) is 12.2. The maximum absolute atomic E-state index is 12.1. The summed E-state index contributed by atoms with van der Waals surface area (Å²) in [6.45, 7) is 0.729. The summed E-state index contributed by atoms with van der Waals surface area (Å²) in [6, 6.07) is 2.24. The van der Waals surface area contributed by atoms with Gasteiger partial charge in [-0.1, -0.05) is 25.0 Å². The van der Waals surface area contributed by atoms with E-state index in [0.717, 1.165) is 51.5 Å². The van der Waals surface area contributed by atoms with Crippen molar-refractivity contribution in [2.24, 2.45) is 11.3 Å². The molecule has 1 atom stereocenters. The molecule has 0 heterocycles. The monoisotopic (exact) mass is 232 g/mol. The lowest BCUT2D eigenvalue weighted by molar-refractivity contribution is -0.128. The van der Waals surface area contributed by atoms with E-state index in [-0.39, 0.29) is 5.91 Å². The van der Waals surface area contributed by atoms with Crippen molar-refractivity contribution in [3.05, 3.63) is 12.2 Å². The van der Waals surface area contributed by atoms with Crippen LogP contribution in [0.15, 0.2) is 12.2 Å². The van der Waals surface area contributed by atoms with Crippen molar-refractivity contribution in [3.8, 4) is 6.07 Å². The lowest BCUT2D eigenvalue weighted by Gasteiger charge is -2.23. The van der Waals surface area contributed by atoms with E-state index in [0.29, 0.717) is 5.92 Å². The molecule has 0 bridgehead atoms. The predicted octanol–water partition coefficient (Wildman–Crippen LogP) is 2.54. The zero-order valence-electron chi connectivity index (χ0n) is 10.2. The van der Waals surface area contributed by atoms with Crippen LogP contribution in [-0.4, -0.2) is 12.5 Å². The molecule has 0 aromatic rings. The molecule has 17 heavy (non-hydrogen) atoms.